The Morgan fingerprint density at radius 1 is 1.00 bits per heavy atom. The van der Waals surface area contributed by atoms with E-state index >= 15 is 0 Å². The third kappa shape index (κ3) is 4.77. The smallest absolute Gasteiger partial charge is 0.231 e. The van der Waals surface area contributed by atoms with Gasteiger partial charge in [-0.3, -0.25) is 9.69 Å². The van der Waals surface area contributed by atoms with Crippen molar-refractivity contribution in [3.63, 3.8) is 0 Å². The van der Waals surface area contributed by atoms with Gasteiger partial charge in [-0.25, -0.2) is 4.98 Å². The Morgan fingerprint density at radius 3 is 2.38 bits per heavy atom. The van der Waals surface area contributed by atoms with Crippen molar-refractivity contribution in [1.82, 2.24) is 4.98 Å². The highest BCUT2D eigenvalue weighted by atomic mass is 35.5. The monoisotopic (exact) mass is 460 g/mol. The molecule has 0 unspecified atom stereocenters. The number of nitrogens with zero attached hydrogens (tertiary/aromatic N) is 2. The van der Waals surface area contributed by atoms with E-state index in [9.17, 15) is 4.79 Å². The topological polar surface area (TPSA) is 33.2 Å². The number of hydrogen-bond donors (Lipinski definition) is 0. The second-order valence-electron chi connectivity index (χ2n) is 7.74. The molecule has 0 aliphatic carbocycles. The molecule has 0 saturated carbocycles. The molecule has 5 heteroatoms. The van der Waals surface area contributed by atoms with E-state index in [1.807, 2.05) is 61.0 Å². The molecule has 0 aliphatic rings. The minimum Gasteiger partial charge on any atom is -0.291 e. The van der Waals surface area contributed by atoms with Crippen LogP contribution in [0.4, 0.5) is 5.13 Å². The molecule has 1 aromatic heterocycles. The van der Waals surface area contributed by atoms with Crippen molar-refractivity contribution < 1.29 is 4.79 Å². The van der Waals surface area contributed by atoms with E-state index in [1.165, 1.54) is 16.9 Å². The molecular weight excluding hydrogens is 436 g/mol. The lowest BCUT2D eigenvalue weighted by Gasteiger charge is -2.21. The van der Waals surface area contributed by atoms with Crippen molar-refractivity contribution in [2.24, 2.45) is 5.92 Å². The fourth-order valence-electron chi connectivity index (χ4n) is 3.85. The van der Waals surface area contributed by atoms with Gasteiger partial charge in [-0.05, 0) is 35.6 Å². The number of halogens is 1. The predicted molar refractivity (Wildman–Crippen MR) is 135 cm³/mol. The van der Waals surface area contributed by atoms with E-state index in [0.29, 0.717) is 10.2 Å². The third-order valence-electron chi connectivity index (χ3n) is 5.63. The average Bonchev–Trinajstić information content (AvgIpc) is 3.32. The van der Waals surface area contributed by atoms with Crippen molar-refractivity contribution in [2.45, 2.75) is 19.8 Å². The first-order chi connectivity index (χ1) is 15.6. The van der Waals surface area contributed by atoms with Crippen LogP contribution in [0.25, 0.3) is 22.4 Å². The molecule has 0 N–H and O–H groups in total. The van der Waals surface area contributed by atoms with Crippen LogP contribution in [0, 0.1) is 5.92 Å². The van der Waals surface area contributed by atoms with Crippen molar-refractivity contribution in [3.05, 3.63) is 94.8 Å². The van der Waals surface area contributed by atoms with Gasteiger partial charge in [0.2, 0.25) is 5.91 Å². The maximum atomic E-state index is 13.2. The van der Waals surface area contributed by atoms with Crippen molar-refractivity contribution in [3.8, 4) is 22.4 Å². The second kappa shape index (κ2) is 10.1. The zero-order chi connectivity index (χ0) is 22.5. The number of carbonyl (C=O) groups excluding carboxylic acids is 1. The number of hydrogen-bond acceptors (Lipinski definition) is 3. The van der Waals surface area contributed by atoms with Crippen LogP contribution in [0.3, 0.4) is 0 Å². The van der Waals surface area contributed by atoms with Gasteiger partial charge in [0, 0.05) is 23.9 Å². The lowest BCUT2D eigenvalue weighted by molar-refractivity contribution is -0.122. The number of aromatic nitrogens is 1. The predicted octanol–water partition coefficient (Wildman–Crippen LogP) is 7.36. The summed E-state index contributed by atoms with van der Waals surface area (Å²) in [7, 11) is 1.81. The molecule has 0 radical (unpaired) electrons. The Bertz CT molecular complexity index is 1190. The summed E-state index contributed by atoms with van der Waals surface area (Å²) in [4.78, 5) is 19.7. The molecule has 4 rings (SSSR count). The number of thiazole rings is 1. The van der Waals surface area contributed by atoms with Gasteiger partial charge in [-0.1, -0.05) is 91.3 Å². The summed E-state index contributed by atoms with van der Waals surface area (Å²) in [6.45, 7) is 2.06. The summed E-state index contributed by atoms with van der Waals surface area (Å²) < 4.78 is 0. The molecule has 0 fully saturated rings. The largest absolute Gasteiger partial charge is 0.291 e. The molecule has 1 amide bonds. The van der Waals surface area contributed by atoms with Crippen LogP contribution in [-0.2, 0) is 11.2 Å². The lowest BCUT2D eigenvalue weighted by Crippen LogP contribution is -2.33. The lowest BCUT2D eigenvalue weighted by atomic mass is 9.96. The molecule has 1 atom stereocenters. The molecule has 32 heavy (non-hydrogen) atoms. The van der Waals surface area contributed by atoms with Crippen LogP contribution in [0.15, 0.2) is 84.2 Å². The standard InChI is InChI=1S/C27H25ClN2OS/c1-3-20(17-19-11-6-4-7-12-19)26(31)30(2)27-29-24(18-32-27)25-22(15-10-16-23(25)28)21-13-8-5-9-14-21/h4-16,18,20H,3,17H2,1-2H3/t20-/m1/s1. The maximum absolute atomic E-state index is 13.2. The van der Waals surface area contributed by atoms with E-state index in [0.717, 1.165) is 35.2 Å². The van der Waals surface area contributed by atoms with Gasteiger partial charge in [-0.15, -0.1) is 11.3 Å². The highest BCUT2D eigenvalue weighted by Crippen LogP contribution is 2.39. The van der Waals surface area contributed by atoms with Crippen LogP contribution >= 0.6 is 22.9 Å². The number of benzene rings is 3. The zero-order valence-corrected chi connectivity index (χ0v) is 19.7. The molecule has 0 spiro atoms. The Hall–Kier alpha value is -2.95. The summed E-state index contributed by atoms with van der Waals surface area (Å²) in [5, 5.41) is 3.30. The van der Waals surface area contributed by atoms with Crippen LogP contribution < -0.4 is 4.90 Å². The SMILES string of the molecule is CC[C@H](Cc1ccccc1)C(=O)N(C)c1nc(-c2c(Cl)cccc2-c2ccccc2)cs1. The maximum Gasteiger partial charge on any atom is 0.231 e. The van der Waals surface area contributed by atoms with Crippen molar-refractivity contribution >= 4 is 34.0 Å². The number of carbonyl (C=O) groups is 1. The first kappa shape index (κ1) is 22.3. The Balaban J connectivity index is 1.61. The summed E-state index contributed by atoms with van der Waals surface area (Å²) in [6, 6.07) is 26.2. The van der Waals surface area contributed by atoms with Crippen LogP contribution in [0.5, 0.6) is 0 Å². The van der Waals surface area contributed by atoms with Crippen molar-refractivity contribution in [2.75, 3.05) is 11.9 Å². The van der Waals surface area contributed by atoms with E-state index in [1.54, 1.807) is 4.90 Å². The Morgan fingerprint density at radius 2 is 1.69 bits per heavy atom. The number of anilines is 1. The van der Waals surface area contributed by atoms with Crippen molar-refractivity contribution in [1.29, 1.82) is 0 Å². The fourth-order valence-corrected chi connectivity index (χ4v) is 4.91. The third-order valence-corrected chi connectivity index (χ3v) is 6.86. The molecule has 0 bridgehead atoms. The summed E-state index contributed by atoms with van der Waals surface area (Å²) in [5.41, 5.74) is 4.95. The van der Waals surface area contributed by atoms with E-state index in [-0.39, 0.29) is 11.8 Å². The van der Waals surface area contributed by atoms with Gasteiger partial charge < -0.3 is 0 Å². The van der Waals surface area contributed by atoms with Crippen LogP contribution in [0.1, 0.15) is 18.9 Å². The van der Waals surface area contributed by atoms with E-state index < -0.39 is 0 Å². The molecule has 3 nitrogen and oxygen atoms in total. The van der Waals surface area contributed by atoms with Crippen LogP contribution in [0.2, 0.25) is 5.02 Å². The fraction of sp³-hybridized carbons (Fsp3) is 0.185. The molecular formula is C27H25ClN2OS. The van der Waals surface area contributed by atoms with E-state index in [4.69, 9.17) is 16.6 Å². The first-order valence-corrected chi connectivity index (χ1v) is 12.0. The molecule has 4 aromatic rings. The highest BCUT2D eigenvalue weighted by molar-refractivity contribution is 7.14. The molecule has 3 aromatic carbocycles. The minimum absolute atomic E-state index is 0.0831. The summed E-state index contributed by atoms with van der Waals surface area (Å²) in [6.07, 6.45) is 1.50. The molecule has 1 heterocycles. The van der Waals surface area contributed by atoms with Gasteiger partial charge in [0.05, 0.1) is 10.7 Å². The summed E-state index contributed by atoms with van der Waals surface area (Å²) in [5.74, 6) is -0.00497. The number of rotatable bonds is 7. The molecule has 0 aliphatic heterocycles. The van der Waals surface area contributed by atoms with Gasteiger partial charge in [0.15, 0.2) is 5.13 Å². The molecule has 0 saturated heterocycles. The number of amides is 1. The average molecular weight is 461 g/mol. The van der Waals surface area contributed by atoms with Crippen LogP contribution in [-0.4, -0.2) is 17.9 Å². The Kier molecular flexibility index (Phi) is 7.03. The molecule has 162 valence electrons. The van der Waals surface area contributed by atoms with E-state index in [2.05, 4.69) is 37.3 Å². The Labute approximate surface area is 198 Å². The summed E-state index contributed by atoms with van der Waals surface area (Å²) >= 11 is 8.08. The van der Waals surface area contributed by atoms with Gasteiger partial charge in [0.1, 0.15) is 0 Å². The second-order valence-corrected chi connectivity index (χ2v) is 8.98. The first-order valence-electron chi connectivity index (χ1n) is 10.7. The van der Waals surface area contributed by atoms with Gasteiger partial charge >= 0.3 is 0 Å². The quantitative estimate of drug-likeness (QED) is 0.288. The van der Waals surface area contributed by atoms with Gasteiger partial charge in [-0.2, -0.15) is 0 Å². The van der Waals surface area contributed by atoms with Gasteiger partial charge in [0.25, 0.3) is 0 Å². The normalized spacial score (nSPS) is 11.8. The minimum atomic E-state index is -0.0880. The highest BCUT2D eigenvalue weighted by Gasteiger charge is 2.24. The zero-order valence-electron chi connectivity index (χ0n) is 18.2.